The molecule has 0 atom stereocenters. The van der Waals surface area contributed by atoms with Crippen molar-refractivity contribution in [1.82, 2.24) is 4.98 Å². The van der Waals surface area contributed by atoms with Gasteiger partial charge in [-0.1, -0.05) is 6.07 Å². The van der Waals surface area contributed by atoms with E-state index in [2.05, 4.69) is 10.3 Å². The molecule has 0 aliphatic heterocycles. The van der Waals surface area contributed by atoms with Crippen LogP contribution in [0.5, 0.6) is 0 Å². The lowest BCUT2D eigenvalue weighted by Crippen LogP contribution is -2.08. The molecule has 5 heteroatoms. The van der Waals surface area contributed by atoms with Crippen LogP contribution in [-0.2, 0) is 6.42 Å². The van der Waals surface area contributed by atoms with Crippen molar-refractivity contribution < 1.29 is 8.78 Å². The van der Waals surface area contributed by atoms with Crippen molar-refractivity contribution in [2.24, 2.45) is 0 Å². The Kier molecular flexibility index (Phi) is 3.94. The minimum Gasteiger partial charge on any atom is -0.397 e. The lowest BCUT2D eigenvalue weighted by molar-refractivity contribution is 0.507. The first-order valence-corrected chi connectivity index (χ1v) is 5.96. The zero-order valence-electron chi connectivity index (χ0n) is 10.6. The third-order valence-corrected chi connectivity index (χ3v) is 2.79. The average molecular weight is 263 g/mol. The summed E-state index contributed by atoms with van der Waals surface area (Å²) < 4.78 is 25.8. The first-order valence-electron chi connectivity index (χ1n) is 5.96. The topological polar surface area (TPSA) is 50.9 Å². The van der Waals surface area contributed by atoms with Gasteiger partial charge in [0.15, 0.2) is 11.6 Å². The second kappa shape index (κ2) is 5.65. The minimum absolute atomic E-state index is 0.586. The first kappa shape index (κ1) is 13.3. The van der Waals surface area contributed by atoms with Crippen LogP contribution in [0.25, 0.3) is 0 Å². The van der Waals surface area contributed by atoms with Crippen LogP contribution in [0.4, 0.5) is 20.3 Å². The fraction of sp³-hybridized carbons (Fsp3) is 0.214. The number of anilines is 2. The van der Waals surface area contributed by atoms with E-state index in [-0.39, 0.29) is 0 Å². The summed E-state index contributed by atoms with van der Waals surface area (Å²) in [5.74, 6) is -0.899. The van der Waals surface area contributed by atoms with Gasteiger partial charge in [0, 0.05) is 6.54 Å². The Labute approximate surface area is 110 Å². The zero-order chi connectivity index (χ0) is 13.8. The van der Waals surface area contributed by atoms with E-state index in [4.69, 9.17) is 5.73 Å². The summed E-state index contributed by atoms with van der Waals surface area (Å²) in [6, 6.07) is 5.74. The molecule has 0 spiro atoms. The number of nitrogens with one attached hydrogen (secondary N) is 1. The van der Waals surface area contributed by atoms with Crippen LogP contribution in [0.3, 0.4) is 0 Å². The summed E-state index contributed by atoms with van der Waals surface area (Å²) in [6.45, 7) is 2.49. The fourth-order valence-corrected chi connectivity index (χ4v) is 1.80. The van der Waals surface area contributed by atoms with Gasteiger partial charge in [-0.2, -0.15) is 0 Å². The van der Waals surface area contributed by atoms with Crippen LogP contribution in [-0.4, -0.2) is 11.5 Å². The number of halogens is 2. The van der Waals surface area contributed by atoms with Crippen LogP contribution in [0, 0.1) is 18.6 Å². The Morgan fingerprint density at radius 2 is 2.00 bits per heavy atom. The summed E-state index contributed by atoms with van der Waals surface area (Å²) in [5, 5.41) is 3.14. The minimum atomic E-state index is -0.826. The van der Waals surface area contributed by atoms with E-state index in [1.54, 1.807) is 12.3 Å². The van der Waals surface area contributed by atoms with Gasteiger partial charge in [-0.3, -0.25) is 0 Å². The van der Waals surface area contributed by atoms with Crippen molar-refractivity contribution >= 4 is 11.5 Å². The van der Waals surface area contributed by atoms with E-state index in [0.717, 1.165) is 23.0 Å². The third kappa shape index (κ3) is 3.40. The second-order valence-electron chi connectivity index (χ2n) is 4.36. The molecule has 0 amide bonds. The number of hydrogen-bond donors (Lipinski definition) is 2. The predicted molar refractivity (Wildman–Crippen MR) is 71.9 cm³/mol. The molecule has 0 unspecified atom stereocenters. The number of aromatic nitrogens is 1. The van der Waals surface area contributed by atoms with Crippen LogP contribution < -0.4 is 11.1 Å². The molecular formula is C14H15F2N3. The third-order valence-electron chi connectivity index (χ3n) is 2.79. The molecular weight excluding hydrogens is 248 g/mol. The number of aryl methyl sites for hydroxylation is 1. The summed E-state index contributed by atoms with van der Waals surface area (Å²) >= 11 is 0. The Balaban J connectivity index is 1.94. The maximum absolute atomic E-state index is 13.0. The molecule has 0 aliphatic rings. The summed E-state index contributed by atoms with van der Waals surface area (Å²) in [6.07, 6.45) is 2.16. The average Bonchev–Trinajstić information content (AvgIpc) is 2.36. The monoisotopic (exact) mass is 263 g/mol. The van der Waals surface area contributed by atoms with E-state index in [1.165, 1.54) is 6.07 Å². The van der Waals surface area contributed by atoms with E-state index in [9.17, 15) is 8.78 Å². The molecule has 1 heterocycles. The maximum atomic E-state index is 13.0. The number of pyridine rings is 1. The molecule has 1 aromatic carbocycles. The van der Waals surface area contributed by atoms with Crippen LogP contribution in [0.1, 0.15) is 11.1 Å². The highest BCUT2D eigenvalue weighted by molar-refractivity contribution is 5.50. The van der Waals surface area contributed by atoms with Gasteiger partial charge in [-0.05, 0) is 42.7 Å². The van der Waals surface area contributed by atoms with Gasteiger partial charge in [0.25, 0.3) is 0 Å². The molecule has 2 rings (SSSR count). The number of nitrogen functional groups attached to an aromatic ring is 1. The highest BCUT2D eigenvalue weighted by Crippen LogP contribution is 2.14. The van der Waals surface area contributed by atoms with Crippen LogP contribution >= 0.6 is 0 Å². The normalized spacial score (nSPS) is 10.5. The number of hydrogen-bond acceptors (Lipinski definition) is 3. The quantitative estimate of drug-likeness (QED) is 0.891. The van der Waals surface area contributed by atoms with Gasteiger partial charge in [0.05, 0.1) is 11.9 Å². The molecule has 0 aliphatic carbocycles. The summed E-state index contributed by atoms with van der Waals surface area (Å²) in [5.41, 5.74) is 7.91. The highest BCUT2D eigenvalue weighted by atomic mass is 19.2. The number of benzene rings is 1. The molecule has 0 bridgehead atoms. The van der Waals surface area contributed by atoms with E-state index in [0.29, 0.717) is 18.7 Å². The van der Waals surface area contributed by atoms with E-state index >= 15 is 0 Å². The molecule has 3 nitrogen and oxygen atoms in total. The number of nitrogens with zero attached hydrogens (tertiary/aromatic N) is 1. The van der Waals surface area contributed by atoms with Gasteiger partial charge < -0.3 is 11.1 Å². The van der Waals surface area contributed by atoms with Gasteiger partial charge in [0.1, 0.15) is 5.82 Å². The lowest BCUT2D eigenvalue weighted by atomic mass is 10.1. The van der Waals surface area contributed by atoms with Crippen LogP contribution in [0.2, 0.25) is 0 Å². The Morgan fingerprint density at radius 1 is 1.21 bits per heavy atom. The standard InChI is InChI=1S/C14H15F2N3/c1-9-6-11(17)8-19-14(9)18-5-4-10-2-3-12(15)13(16)7-10/h2-3,6-8H,4-5,17H2,1H3,(H,18,19). The summed E-state index contributed by atoms with van der Waals surface area (Å²) in [4.78, 5) is 4.17. The molecule has 0 saturated carbocycles. The SMILES string of the molecule is Cc1cc(N)cnc1NCCc1ccc(F)c(F)c1. The van der Waals surface area contributed by atoms with Crippen molar-refractivity contribution in [2.75, 3.05) is 17.6 Å². The zero-order valence-corrected chi connectivity index (χ0v) is 10.6. The van der Waals surface area contributed by atoms with E-state index in [1.807, 2.05) is 13.0 Å². The molecule has 0 fully saturated rings. The second-order valence-corrected chi connectivity index (χ2v) is 4.36. The predicted octanol–water partition coefficient (Wildman–Crippen LogP) is 2.91. The molecule has 1 aromatic heterocycles. The van der Waals surface area contributed by atoms with Gasteiger partial charge in [-0.25, -0.2) is 13.8 Å². The molecule has 0 radical (unpaired) electrons. The highest BCUT2D eigenvalue weighted by Gasteiger charge is 2.03. The largest absolute Gasteiger partial charge is 0.397 e. The summed E-state index contributed by atoms with van der Waals surface area (Å²) in [7, 11) is 0. The van der Waals surface area contributed by atoms with E-state index < -0.39 is 11.6 Å². The Hall–Kier alpha value is -2.17. The molecule has 3 N–H and O–H groups in total. The fourth-order valence-electron chi connectivity index (χ4n) is 1.80. The Bertz CT molecular complexity index is 585. The number of rotatable bonds is 4. The van der Waals surface area contributed by atoms with Crippen LogP contribution in [0.15, 0.2) is 30.5 Å². The smallest absolute Gasteiger partial charge is 0.159 e. The van der Waals surface area contributed by atoms with Crippen molar-refractivity contribution in [3.63, 3.8) is 0 Å². The van der Waals surface area contributed by atoms with Crippen molar-refractivity contribution in [1.29, 1.82) is 0 Å². The molecule has 19 heavy (non-hydrogen) atoms. The number of nitrogens with two attached hydrogens (primary N) is 1. The van der Waals surface area contributed by atoms with Gasteiger partial charge in [0.2, 0.25) is 0 Å². The van der Waals surface area contributed by atoms with Gasteiger partial charge in [-0.15, -0.1) is 0 Å². The van der Waals surface area contributed by atoms with Crippen molar-refractivity contribution in [2.45, 2.75) is 13.3 Å². The molecule has 2 aromatic rings. The van der Waals surface area contributed by atoms with Crippen molar-refractivity contribution in [3.05, 3.63) is 53.2 Å². The Morgan fingerprint density at radius 3 is 2.68 bits per heavy atom. The van der Waals surface area contributed by atoms with Gasteiger partial charge >= 0.3 is 0 Å². The lowest BCUT2D eigenvalue weighted by Gasteiger charge is -2.09. The molecule has 100 valence electrons. The maximum Gasteiger partial charge on any atom is 0.159 e. The van der Waals surface area contributed by atoms with Crippen molar-refractivity contribution in [3.8, 4) is 0 Å². The first-order chi connectivity index (χ1) is 9.06. The molecule has 0 saturated heterocycles.